The molecule has 0 saturated carbocycles. The fourth-order valence-corrected chi connectivity index (χ4v) is 4.58. The van der Waals surface area contributed by atoms with Crippen molar-refractivity contribution in [3.05, 3.63) is 28.6 Å². The predicted octanol–water partition coefficient (Wildman–Crippen LogP) is 3.39. The minimum absolute atomic E-state index is 0.170. The standard InChI is InChI=1S/C13H13NOS2/c1-8-3-4-10-9(7-8)11-12(17-10)13(15)14(2)5-6-16-11/h3-4,7H,5-6H2,1-2H3. The summed E-state index contributed by atoms with van der Waals surface area (Å²) in [6, 6.07) is 6.42. The van der Waals surface area contributed by atoms with Crippen molar-refractivity contribution in [2.75, 3.05) is 19.3 Å². The predicted molar refractivity (Wildman–Crippen MR) is 74.2 cm³/mol. The zero-order valence-electron chi connectivity index (χ0n) is 9.82. The Morgan fingerprint density at radius 3 is 3.00 bits per heavy atom. The Bertz CT molecular complexity index is 603. The van der Waals surface area contributed by atoms with Gasteiger partial charge in [-0.3, -0.25) is 4.79 Å². The van der Waals surface area contributed by atoms with E-state index in [9.17, 15) is 4.79 Å². The fourth-order valence-electron chi connectivity index (χ4n) is 2.03. The molecule has 3 rings (SSSR count). The lowest BCUT2D eigenvalue weighted by molar-refractivity contribution is 0.0807. The molecule has 0 bridgehead atoms. The van der Waals surface area contributed by atoms with Crippen LogP contribution in [0.5, 0.6) is 0 Å². The Morgan fingerprint density at radius 1 is 1.35 bits per heavy atom. The van der Waals surface area contributed by atoms with Crippen molar-refractivity contribution in [2.24, 2.45) is 0 Å². The van der Waals surface area contributed by atoms with Crippen molar-refractivity contribution in [3.8, 4) is 0 Å². The summed E-state index contributed by atoms with van der Waals surface area (Å²) >= 11 is 3.43. The first-order valence-electron chi connectivity index (χ1n) is 5.58. The molecule has 0 spiro atoms. The number of carbonyl (C=O) groups excluding carboxylic acids is 1. The first-order valence-corrected chi connectivity index (χ1v) is 7.38. The average molecular weight is 263 g/mol. The molecule has 0 N–H and O–H groups in total. The number of nitrogens with zero attached hydrogens (tertiary/aromatic N) is 1. The van der Waals surface area contributed by atoms with Crippen LogP contribution < -0.4 is 0 Å². The third kappa shape index (κ3) is 1.76. The summed E-state index contributed by atoms with van der Waals surface area (Å²) in [7, 11) is 1.88. The number of thioether (sulfide) groups is 1. The summed E-state index contributed by atoms with van der Waals surface area (Å²) in [5.74, 6) is 1.15. The molecule has 2 heterocycles. The molecule has 0 aliphatic carbocycles. The number of amides is 1. The Balaban J connectivity index is 2.27. The maximum absolute atomic E-state index is 12.2. The number of hydrogen-bond donors (Lipinski definition) is 0. The molecular formula is C13H13NOS2. The van der Waals surface area contributed by atoms with E-state index in [0.717, 1.165) is 17.2 Å². The monoisotopic (exact) mass is 263 g/mol. The van der Waals surface area contributed by atoms with Gasteiger partial charge in [0.15, 0.2) is 0 Å². The number of aryl methyl sites for hydroxylation is 1. The Labute approximate surface area is 109 Å². The Morgan fingerprint density at radius 2 is 2.18 bits per heavy atom. The lowest BCUT2D eigenvalue weighted by Gasteiger charge is -2.11. The van der Waals surface area contributed by atoms with Crippen LogP contribution in [-0.4, -0.2) is 30.2 Å². The van der Waals surface area contributed by atoms with Crippen molar-refractivity contribution in [3.63, 3.8) is 0 Å². The maximum atomic E-state index is 12.2. The molecule has 0 atom stereocenters. The van der Waals surface area contributed by atoms with Crippen molar-refractivity contribution < 1.29 is 4.79 Å². The molecule has 0 unspecified atom stereocenters. The zero-order chi connectivity index (χ0) is 12.0. The van der Waals surface area contributed by atoms with Gasteiger partial charge in [0, 0.05) is 34.3 Å². The molecule has 1 aromatic carbocycles. The van der Waals surface area contributed by atoms with Gasteiger partial charge >= 0.3 is 0 Å². The topological polar surface area (TPSA) is 20.3 Å². The third-order valence-corrected chi connectivity index (χ3v) is 5.40. The first kappa shape index (κ1) is 11.1. The largest absolute Gasteiger partial charge is 0.340 e. The molecule has 1 aromatic heterocycles. The molecule has 4 heteroatoms. The van der Waals surface area contributed by atoms with Crippen LogP contribution in [0, 0.1) is 6.92 Å². The minimum Gasteiger partial charge on any atom is -0.340 e. The van der Waals surface area contributed by atoms with Crippen LogP contribution >= 0.6 is 23.1 Å². The van der Waals surface area contributed by atoms with E-state index in [1.807, 2.05) is 23.7 Å². The summed E-state index contributed by atoms with van der Waals surface area (Å²) < 4.78 is 1.22. The molecule has 2 aromatic rings. The molecule has 1 aliphatic heterocycles. The van der Waals surface area contributed by atoms with Crippen molar-refractivity contribution in [1.29, 1.82) is 0 Å². The number of rotatable bonds is 0. The van der Waals surface area contributed by atoms with Gasteiger partial charge in [-0.05, 0) is 19.1 Å². The van der Waals surface area contributed by atoms with Gasteiger partial charge in [0.1, 0.15) is 4.88 Å². The summed E-state index contributed by atoms with van der Waals surface area (Å²) in [5.41, 5.74) is 1.25. The van der Waals surface area contributed by atoms with E-state index in [1.54, 1.807) is 11.3 Å². The smallest absolute Gasteiger partial charge is 0.264 e. The highest BCUT2D eigenvalue weighted by Crippen LogP contribution is 2.40. The molecule has 0 radical (unpaired) electrons. The van der Waals surface area contributed by atoms with E-state index in [4.69, 9.17) is 0 Å². The molecule has 88 valence electrons. The van der Waals surface area contributed by atoms with Crippen LogP contribution in [0.2, 0.25) is 0 Å². The van der Waals surface area contributed by atoms with Gasteiger partial charge in [-0.2, -0.15) is 0 Å². The third-order valence-electron chi connectivity index (χ3n) is 3.01. The quantitative estimate of drug-likeness (QED) is 0.726. The second-order valence-electron chi connectivity index (χ2n) is 4.34. The van der Waals surface area contributed by atoms with E-state index in [2.05, 4.69) is 25.1 Å². The highest BCUT2D eigenvalue weighted by atomic mass is 32.2. The van der Waals surface area contributed by atoms with E-state index < -0.39 is 0 Å². The highest BCUT2D eigenvalue weighted by molar-refractivity contribution is 7.99. The van der Waals surface area contributed by atoms with E-state index in [1.165, 1.54) is 20.5 Å². The number of fused-ring (bicyclic) bond motifs is 3. The Kier molecular flexibility index (Phi) is 2.64. The fraction of sp³-hybridized carbons (Fsp3) is 0.308. The molecule has 1 amide bonds. The zero-order valence-corrected chi connectivity index (χ0v) is 11.5. The van der Waals surface area contributed by atoms with Crippen LogP contribution in [0.1, 0.15) is 15.2 Å². The van der Waals surface area contributed by atoms with Crippen LogP contribution in [-0.2, 0) is 0 Å². The molecule has 0 saturated heterocycles. The van der Waals surface area contributed by atoms with Crippen molar-refractivity contribution in [2.45, 2.75) is 11.8 Å². The van der Waals surface area contributed by atoms with Gasteiger partial charge in [0.2, 0.25) is 0 Å². The number of benzene rings is 1. The molecular weight excluding hydrogens is 250 g/mol. The number of hydrogen-bond acceptors (Lipinski definition) is 3. The van der Waals surface area contributed by atoms with Gasteiger partial charge in [0.25, 0.3) is 5.91 Å². The summed E-state index contributed by atoms with van der Waals surface area (Å²) in [6.45, 7) is 2.93. The average Bonchev–Trinajstić information content (AvgIpc) is 2.60. The second kappa shape index (κ2) is 4.03. The van der Waals surface area contributed by atoms with Gasteiger partial charge in [-0.1, -0.05) is 11.6 Å². The maximum Gasteiger partial charge on any atom is 0.264 e. The summed E-state index contributed by atoms with van der Waals surface area (Å²) in [5, 5.41) is 1.25. The van der Waals surface area contributed by atoms with Crippen molar-refractivity contribution in [1.82, 2.24) is 4.90 Å². The highest BCUT2D eigenvalue weighted by Gasteiger charge is 2.24. The van der Waals surface area contributed by atoms with Crippen LogP contribution in [0.25, 0.3) is 10.1 Å². The summed E-state index contributed by atoms with van der Waals surface area (Å²) in [6.07, 6.45) is 0. The molecule has 0 fully saturated rings. The SMILES string of the molecule is Cc1ccc2sc3c(c2c1)SCCN(C)C3=O. The van der Waals surface area contributed by atoms with Crippen LogP contribution in [0.3, 0.4) is 0 Å². The van der Waals surface area contributed by atoms with E-state index >= 15 is 0 Å². The van der Waals surface area contributed by atoms with Gasteiger partial charge < -0.3 is 4.90 Å². The van der Waals surface area contributed by atoms with Gasteiger partial charge in [-0.15, -0.1) is 23.1 Å². The lowest BCUT2D eigenvalue weighted by Crippen LogP contribution is -2.26. The van der Waals surface area contributed by atoms with Crippen molar-refractivity contribution >= 4 is 39.1 Å². The van der Waals surface area contributed by atoms with Gasteiger partial charge in [-0.25, -0.2) is 0 Å². The summed E-state index contributed by atoms with van der Waals surface area (Å²) in [4.78, 5) is 16.1. The number of thiophene rings is 1. The van der Waals surface area contributed by atoms with E-state index in [-0.39, 0.29) is 5.91 Å². The second-order valence-corrected chi connectivity index (χ2v) is 6.49. The normalized spacial score (nSPS) is 16.1. The van der Waals surface area contributed by atoms with Crippen LogP contribution in [0.15, 0.2) is 23.1 Å². The van der Waals surface area contributed by atoms with E-state index in [0.29, 0.717) is 0 Å². The Hall–Kier alpha value is -1.00. The molecule has 17 heavy (non-hydrogen) atoms. The van der Waals surface area contributed by atoms with Gasteiger partial charge in [0.05, 0.1) is 0 Å². The first-order chi connectivity index (χ1) is 8.16. The molecule has 1 aliphatic rings. The molecule has 2 nitrogen and oxygen atoms in total. The lowest BCUT2D eigenvalue weighted by atomic mass is 10.2. The number of carbonyl (C=O) groups is 1. The van der Waals surface area contributed by atoms with Crippen LogP contribution in [0.4, 0.5) is 0 Å². The minimum atomic E-state index is 0.170.